The lowest BCUT2D eigenvalue weighted by molar-refractivity contribution is 0.102. The molecule has 0 bridgehead atoms. The molecule has 1 aromatic carbocycles. The molecule has 116 valence electrons. The van der Waals surface area contributed by atoms with Crippen LogP contribution in [0.5, 0.6) is 0 Å². The largest absolute Gasteiger partial charge is 0.382 e. The van der Waals surface area contributed by atoms with E-state index in [1.807, 2.05) is 38.4 Å². The van der Waals surface area contributed by atoms with E-state index in [1.54, 1.807) is 18.5 Å². The van der Waals surface area contributed by atoms with Gasteiger partial charge in [0.15, 0.2) is 0 Å². The second-order valence-electron chi connectivity index (χ2n) is 5.16. The van der Waals surface area contributed by atoms with Crippen LogP contribution < -0.4 is 10.6 Å². The van der Waals surface area contributed by atoms with E-state index in [0.29, 0.717) is 5.56 Å². The van der Waals surface area contributed by atoms with Crippen LogP contribution in [0.3, 0.4) is 0 Å². The highest BCUT2D eigenvalue weighted by molar-refractivity contribution is 9.10. The number of amides is 1. The molecule has 0 spiro atoms. The smallest absolute Gasteiger partial charge is 0.257 e. The number of hydrogen-bond acceptors (Lipinski definition) is 4. The molecule has 1 aromatic heterocycles. The molecule has 2 N–H and O–H groups in total. The summed E-state index contributed by atoms with van der Waals surface area (Å²) in [4.78, 5) is 18.5. The SMILES string of the molecule is CN(C)CCNc1cncc(C(=O)Nc2cccc(Br)c2)c1. The molecule has 0 aliphatic carbocycles. The molecule has 0 fully saturated rings. The lowest BCUT2D eigenvalue weighted by atomic mass is 10.2. The number of likely N-dealkylation sites (N-methyl/N-ethyl adjacent to an activating group) is 1. The van der Waals surface area contributed by atoms with Crippen LogP contribution in [0.1, 0.15) is 10.4 Å². The highest BCUT2D eigenvalue weighted by atomic mass is 79.9. The first-order valence-electron chi connectivity index (χ1n) is 6.95. The summed E-state index contributed by atoms with van der Waals surface area (Å²) in [5.41, 5.74) is 2.10. The van der Waals surface area contributed by atoms with Crippen molar-refractivity contribution in [2.75, 3.05) is 37.8 Å². The fourth-order valence-electron chi connectivity index (χ4n) is 1.85. The molecule has 2 aromatic rings. The molecule has 0 aliphatic rings. The van der Waals surface area contributed by atoms with Crippen molar-refractivity contribution in [1.82, 2.24) is 9.88 Å². The van der Waals surface area contributed by atoms with Crippen molar-refractivity contribution in [3.8, 4) is 0 Å². The van der Waals surface area contributed by atoms with E-state index >= 15 is 0 Å². The quantitative estimate of drug-likeness (QED) is 0.828. The fourth-order valence-corrected chi connectivity index (χ4v) is 2.25. The van der Waals surface area contributed by atoms with Gasteiger partial charge in [0, 0.05) is 35.6 Å². The van der Waals surface area contributed by atoms with Crippen molar-refractivity contribution in [3.05, 3.63) is 52.8 Å². The second-order valence-corrected chi connectivity index (χ2v) is 6.07. The van der Waals surface area contributed by atoms with E-state index in [4.69, 9.17) is 0 Å². The number of pyridine rings is 1. The number of carbonyl (C=O) groups excluding carboxylic acids is 1. The average Bonchev–Trinajstić information content (AvgIpc) is 2.47. The summed E-state index contributed by atoms with van der Waals surface area (Å²) in [6.45, 7) is 1.71. The van der Waals surface area contributed by atoms with Crippen molar-refractivity contribution in [2.45, 2.75) is 0 Å². The zero-order chi connectivity index (χ0) is 15.9. The predicted molar refractivity (Wildman–Crippen MR) is 93.4 cm³/mol. The molecule has 1 amide bonds. The summed E-state index contributed by atoms with van der Waals surface area (Å²) in [7, 11) is 4.03. The van der Waals surface area contributed by atoms with Crippen LogP contribution in [0.25, 0.3) is 0 Å². The van der Waals surface area contributed by atoms with Gasteiger partial charge in [-0.1, -0.05) is 22.0 Å². The lowest BCUT2D eigenvalue weighted by Crippen LogP contribution is -2.21. The number of anilines is 2. The first-order valence-corrected chi connectivity index (χ1v) is 7.74. The molecule has 6 heteroatoms. The fraction of sp³-hybridized carbons (Fsp3) is 0.250. The molecule has 22 heavy (non-hydrogen) atoms. The Labute approximate surface area is 138 Å². The van der Waals surface area contributed by atoms with Crippen molar-refractivity contribution in [1.29, 1.82) is 0 Å². The summed E-state index contributed by atoms with van der Waals surface area (Å²) >= 11 is 3.38. The summed E-state index contributed by atoms with van der Waals surface area (Å²) in [5, 5.41) is 6.11. The number of carbonyl (C=O) groups is 1. The number of hydrogen-bond donors (Lipinski definition) is 2. The number of rotatable bonds is 6. The van der Waals surface area contributed by atoms with Crippen LogP contribution in [0.2, 0.25) is 0 Å². The third kappa shape index (κ3) is 5.13. The normalized spacial score (nSPS) is 10.5. The predicted octanol–water partition coefficient (Wildman–Crippen LogP) is 3.07. The minimum Gasteiger partial charge on any atom is -0.382 e. The Morgan fingerprint density at radius 1 is 1.23 bits per heavy atom. The van der Waals surface area contributed by atoms with Crippen molar-refractivity contribution in [3.63, 3.8) is 0 Å². The summed E-state index contributed by atoms with van der Waals surface area (Å²) in [6.07, 6.45) is 3.27. The first-order chi connectivity index (χ1) is 10.5. The molecule has 1 heterocycles. The Morgan fingerprint density at radius 2 is 2.05 bits per heavy atom. The van der Waals surface area contributed by atoms with Gasteiger partial charge in [0.05, 0.1) is 11.3 Å². The molecule has 5 nitrogen and oxygen atoms in total. The van der Waals surface area contributed by atoms with Gasteiger partial charge in [0.1, 0.15) is 0 Å². The molecule has 0 atom stereocenters. The van der Waals surface area contributed by atoms with Gasteiger partial charge in [0.25, 0.3) is 5.91 Å². The Balaban J connectivity index is 2.00. The van der Waals surface area contributed by atoms with E-state index in [9.17, 15) is 4.79 Å². The maximum Gasteiger partial charge on any atom is 0.257 e. The van der Waals surface area contributed by atoms with Gasteiger partial charge in [-0.05, 0) is 38.4 Å². The second kappa shape index (κ2) is 7.91. The summed E-state index contributed by atoms with van der Waals surface area (Å²) in [5.74, 6) is -0.179. The van der Waals surface area contributed by atoms with Crippen LogP contribution in [0.4, 0.5) is 11.4 Å². The monoisotopic (exact) mass is 362 g/mol. The van der Waals surface area contributed by atoms with Crippen LogP contribution in [-0.2, 0) is 0 Å². The third-order valence-corrected chi connectivity index (χ3v) is 3.46. The summed E-state index contributed by atoms with van der Waals surface area (Å²) < 4.78 is 0.919. The van der Waals surface area contributed by atoms with Gasteiger partial charge in [-0.3, -0.25) is 9.78 Å². The molecular formula is C16H19BrN4O. The van der Waals surface area contributed by atoms with Gasteiger partial charge >= 0.3 is 0 Å². The molecule has 0 radical (unpaired) electrons. The third-order valence-electron chi connectivity index (χ3n) is 2.97. The Kier molecular flexibility index (Phi) is 5.91. The lowest BCUT2D eigenvalue weighted by Gasteiger charge is -2.12. The number of aromatic nitrogens is 1. The molecule has 2 rings (SSSR count). The van der Waals surface area contributed by atoms with E-state index in [2.05, 4.69) is 36.4 Å². The van der Waals surface area contributed by atoms with Crippen LogP contribution in [0, 0.1) is 0 Å². The van der Waals surface area contributed by atoms with Crippen molar-refractivity contribution >= 4 is 33.2 Å². The van der Waals surface area contributed by atoms with Gasteiger partial charge in [-0.25, -0.2) is 0 Å². The standard InChI is InChI=1S/C16H19BrN4O/c1-21(2)7-6-19-15-8-12(10-18-11-15)16(22)20-14-5-3-4-13(17)9-14/h3-5,8-11,19H,6-7H2,1-2H3,(H,20,22). The number of halogens is 1. The maximum absolute atomic E-state index is 12.3. The maximum atomic E-state index is 12.3. The minimum atomic E-state index is -0.179. The summed E-state index contributed by atoms with van der Waals surface area (Å²) in [6, 6.07) is 9.28. The molecular weight excluding hydrogens is 344 g/mol. The Bertz CT molecular complexity index is 646. The minimum absolute atomic E-state index is 0.179. The van der Waals surface area contributed by atoms with Crippen LogP contribution in [-0.4, -0.2) is 43.0 Å². The zero-order valence-electron chi connectivity index (χ0n) is 12.6. The van der Waals surface area contributed by atoms with E-state index in [-0.39, 0.29) is 5.91 Å². The molecule has 0 saturated heterocycles. The molecule has 0 aliphatic heterocycles. The number of nitrogens with zero attached hydrogens (tertiary/aromatic N) is 2. The van der Waals surface area contributed by atoms with E-state index in [1.165, 1.54) is 0 Å². The van der Waals surface area contributed by atoms with Gasteiger partial charge in [-0.15, -0.1) is 0 Å². The number of nitrogens with one attached hydrogen (secondary N) is 2. The van der Waals surface area contributed by atoms with Crippen LogP contribution in [0.15, 0.2) is 47.2 Å². The van der Waals surface area contributed by atoms with E-state index in [0.717, 1.165) is 28.9 Å². The topological polar surface area (TPSA) is 57.3 Å². The Morgan fingerprint density at radius 3 is 2.77 bits per heavy atom. The molecule has 0 unspecified atom stereocenters. The van der Waals surface area contributed by atoms with Crippen molar-refractivity contribution in [2.24, 2.45) is 0 Å². The van der Waals surface area contributed by atoms with Gasteiger partial charge < -0.3 is 15.5 Å². The Hall–Kier alpha value is -1.92. The number of benzene rings is 1. The average molecular weight is 363 g/mol. The van der Waals surface area contributed by atoms with Gasteiger partial charge in [-0.2, -0.15) is 0 Å². The highest BCUT2D eigenvalue weighted by Crippen LogP contribution is 2.17. The first kappa shape index (κ1) is 16.5. The zero-order valence-corrected chi connectivity index (χ0v) is 14.2. The highest BCUT2D eigenvalue weighted by Gasteiger charge is 2.07. The van der Waals surface area contributed by atoms with Gasteiger partial charge in [0.2, 0.25) is 0 Å². The molecule has 0 saturated carbocycles. The van der Waals surface area contributed by atoms with E-state index < -0.39 is 0 Å². The van der Waals surface area contributed by atoms with Crippen LogP contribution >= 0.6 is 15.9 Å². The van der Waals surface area contributed by atoms with Crippen molar-refractivity contribution < 1.29 is 4.79 Å².